The molecule has 0 bridgehead atoms. The molecule has 0 spiro atoms. The third-order valence-corrected chi connectivity index (χ3v) is 3.15. The normalized spacial score (nSPS) is 13.6. The molecule has 2 aromatic carbocycles. The first kappa shape index (κ1) is 14.4. The fourth-order valence-corrected chi connectivity index (χ4v) is 2.04. The number of para-hydroxylation sites is 2. The average molecular weight is 271 g/mol. The Bertz CT molecular complexity index is 528. The second-order valence-corrected chi connectivity index (χ2v) is 4.64. The van der Waals surface area contributed by atoms with E-state index in [0.717, 1.165) is 17.1 Å². The van der Waals surface area contributed by atoms with E-state index in [9.17, 15) is 0 Å². The van der Waals surface area contributed by atoms with Gasteiger partial charge in [0, 0.05) is 0 Å². The fourth-order valence-electron chi connectivity index (χ4n) is 2.04. The Morgan fingerprint density at radius 2 is 1.55 bits per heavy atom. The van der Waals surface area contributed by atoms with Crippen molar-refractivity contribution in [3.8, 4) is 11.5 Å². The summed E-state index contributed by atoms with van der Waals surface area (Å²) in [5.41, 5.74) is 7.31. The van der Waals surface area contributed by atoms with Gasteiger partial charge in [0.25, 0.3) is 0 Å². The lowest BCUT2D eigenvalue weighted by atomic mass is 10.0. The monoisotopic (exact) mass is 271 g/mol. The first-order chi connectivity index (χ1) is 9.72. The van der Waals surface area contributed by atoms with Crippen molar-refractivity contribution in [3.63, 3.8) is 0 Å². The molecule has 0 aliphatic carbocycles. The summed E-state index contributed by atoms with van der Waals surface area (Å²) < 4.78 is 11.5. The molecule has 0 radical (unpaired) electrons. The Morgan fingerprint density at radius 1 is 0.950 bits per heavy atom. The zero-order chi connectivity index (χ0) is 14.4. The van der Waals surface area contributed by atoms with Crippen molar-refractivity contribution in [2.45, 2.75) is 26.0 Å². The molecular weight excluding hydrogens is 250 g/mol. The van der Waals surface area contributed by atoms with Crippen molar-refractivity contribution in [2.75, 3.05) is 6.61 Å². The molecule has 0 aliphatic rings. The Labute approximate surface area is 120 Å². The SMILES string of the molecule is CCOc1ccccc1OC(C)C(N)c1ccccc1. The number of benzene rings is 2. The van der Waals surface area contributed by atoms with Gasteiger partial charge in [0.2, 0.25) is 0 Å². The van der Waals surface area contributed by atoms with Crippen LogP contribution in [0.3, 0.4) is 0 Å². The van der Waals surface area contributed by atoms with Crippen LogP contribution in [-0.2, 0) is 0 Å². The van der Waals surface area contributed by atoms with Gasteiger partial charge >= 0.3 is 0 Å². The average Bonchev–Trinajstić information content (AvgIpc) is 2.49. The molecule has 0 amide bonds. The van der Waals surface area contributed by atoms with Crippen molar-refractivity contribution in [1.29, 1.82) is 0 Å². The number of hydrogen-bond acceptors (Lipinski definition) is 3. The quantitative estimate of drug-likeness (QED) is 0.873. The molecule has 0 aromatic heterocycles. The molecule has 106 valence electrons. The molecule has 2 aromatic rings. The van der Waals surface area contributed by atoms with E-state index in [1.165, 1.54) is 0 Å². The van der Waals surface area contributed by atoms with Crippen molar-refractivity contribution in [2.24, 2.45) is 5.73 Å². The Balaban J connectivity index is 2.10. The van der Waals surface area contributed by atoms with Crippen LogP contribution in [0, 0.1) is 0 Å². The lowest BCUT2D eigenvalue weighted by Gasteiger charge is -2.23. The minimum Gasteiger partial charge on any atom is -0.490 e. The highest BCUT2D eigenvalue weighted by molar-refractivity contribution is 5.39. The first-order valence-corrected chi connectivity index (χ1v) is 6.91. The van der Waals surface area contributed by atoms with Crippen molar-refractivity contribution in [3.05, 3.63) is 60.2 Å². The van der Waals surface area contributed by atoms with Crippen LogP contribution in [-0.4, -0.2) is 12.7 Å². The highest BCUT2D eigenvalue weighted by Crippen LogP contribution is 2.29. The van der Waals surface area contributed by atoms with Gasteiger partial charge in [0.1, 0.15) is 6.10 Å². The second-order valence-electron chi connectivity index (χ2n) is 4.64. The summed E-state index contributed by atoms with van der Waals surface area (Å²) in [5.74, 6) is 1.48. The number of hydrogen-bond donors (Lipinski definition) is 1. The maximum atomic E-state index is 6.24. The molecule has 3 heteroatoms. The Morgan fingerprint density at radius 3 is 2.20 bits per heavy atom. The lowest BCUT2D eigenvalue weighted by Crippen LogP contribution is -2.28. The largest absolute Gasteiger partial charge is 0.490 e. The zero-order valence-corrected chi connectivity index (χ0v) is 12.0. The zero-order valence-electron chi connectivity index (χ0n) is 12.0. The van der Waals surface area contributed by atoms with E-state index in [-0.39, 0.29) is 12.1 Å². The number of rotatable bonds is 6. The Hall–Kier alpha value is -2.00. The molecule has 2 N–H and O–H groups in total. The van der Waals surface area contributed by atoms with Crippen LogP contribution in [0.5, 0.6) is 11.5 Å². The van der Waals surface area contributed by atoms with Crippen molar-refractivity contribution in [1.82, 2.24) is 0 Å². The number of ether oxygens (including phenoxy) is 2. The molecule has 0 saturated carbocycles. The van der Waals surface area contributed by atoms with Crippen LogP contribution in [0.4, 0.5) is 0 Å². The summed E-state index contributed by atoms with van der Waals surface area (Å²) in [6, 6.07) is 17.5. The van der Waals surface area contributed by atoms with Crippen LogP contribution in [0.1, 0.15) is 25.5 Å². The topological polar surface area (TPSA) is 44.5 Å². The lowest BCUT2D eigenvalue weighted by molar-refractivity contribution is 0.180. The van der Waals surface area contributed by atoms with Crippen molar-refractivity contribution >= 4 is 0 Å². The van der Waals surface area contributed by atoms with E-state index >= 15 is 0 Å². The van der Waals surface area contributed by atoms with E-state index in [2.05, 4.69) is 0 Å². The van der Waals surface area contributed by atoms with Crippen LogP contribution in [0.25, 0.3) is 0 Å². The van der Waals surface area contributed by atoms with Gasteiger partial charge in [-0.3, -0.25) is 0 Å². The fraction of sp³-hybridized carbons (Fsp3) is 0.294. The molecule has 0 heterocycles. The summed E-state index contributed by atoms with van der Waals surface area (Å²) in [4.78, 5) is 0. The van der Waals surface area contributed by atoms with Gasteiger partial charge in [-0.2, -0.15) is 0 Å². The van der Waals surface area contributed by atoms with Crippen LogP contribution >= 0.6 is 0 Å². The maximum Gasteiger partial charge on any atom is 0.161 e. The van der Waals surface area contributed by atoms with Gasteiger partial charge in [-0.25, -0.2) is 0 Å². The minimum atomic E-state index is -0.175. The van der Waals surface area contributed by atoms with E-state index in [1.807, 2.05) is 68.4 Å². The van der Waals surface area contributed by atoms with E-state index in [1.54, 1.807) is 0 Å². The second kappa shape index (κ2) is 6.96. The summed E-state index contributed by atoms with van der Waals surface area (Å²) in [6.45, 7) is 4.54. The summed E-state index contributed by atoms with van der Waals surface area (Å²) in [5, 5.41) is 0. The van der Waals surface area contributed by atoms with E-state index in [0.29, 0.717) is 6.61 Å². The highest BCUT2D eigenvalue weighted by Gasteiger charge is 2.17. The van der Waals surface area contributed by atoms with Gasteiger partial charge in [-0.15, -0.1) is 0 Å². The van der Waals surface area contributed by atoms with Crippen LogP contribution < -0.4 is 15.2 Å². The first-order valence-electron chi connectivity index (χ1n) is 6.91. The van der Waals surface area contributed by atoms with Gasteiger partial charge < -0.3 is 15.2 Å². The third-order valence-electron chi connectivity index (χ3n) is 3.15. The van der Waals surface area contributed by atoms with Gasteiger partial charge in [0.05, 0.1) is 12.6 Å². The van der Waals surface area contributed by atoms with Gasteiger partial charge in [-0.05, 0) is 31.5 Å². The van der Waals surface area contributed by atoms with Gasteiger partial charge in [-0.1, -0.05) is 42.5 Å². The molecule has 0 aliphatic heterocycles. The summed E-state index contributed by atoms with van der Waals surface area (Å²) >= 11 is 0. The van der Waals surface area contributed by atoms with Crippen LogP contribution in [0.2, 0.25) is 0 Å². The predicted molar refractivity (Wildman–Crippen MR) is 81.1 cm³/mol. The van der Waals surface area contributed by atoms with E-state index < -0.39 is 0 Å². The summed E-state index contributed by atoms with van der Waals surface area (Å²) in [7, 11) is 0. The molecule has 20 heavy (non-hydrogen) atoms. The molecule has 2 unspecified atom stereocenters. The molecule has 0 fully saturated rings. The molecular formula is C17H21NO2. The predicted octanol–water partition coefficient (Wildman–Crippen LogP) is 3.55. The molecule has 0 saturated heterocycles. The minimum absolute atomic E-state index is 0.140. The highest BCUT2D eigenvalue weighted by atomic mass is 16.5. The molecule has 2 atom stereocenters. The third kappa shape index (κ3) is 3.52. The molecule has 3 nitrogen and oxygen atoms in total. The Kier molecular flexibility index (Phi) is 5.02. The standard InChI is InChI=1S/C17H21NO2/c1-3-19-15-11-7-8-12-16(15)20-13(2)17(18)14-9-5-4-6-10-14/h4-13,17H,3,18H2,1-2H3. The van der Waals surface area contributed by atoms with Gasteiger partial charge in [0.15, 0.2) is 11.5 Å². The smallest absolute Gasteiger partial charge is 0.161 e. The van der Waals surface area contributed by atoms with Crippen molar-refractivity contribution < 1.29 is 9.47 Å². The molecule has 2 rings (SSSR count). The van der Waals surface area contributed by atoms with E-state index in [4.69, 9.17) is 15.2 Å². The number of nitrogens with two attached hydrogens (primary N) is 1. The maximum absolute atomic E-state index is 6.24. The van der Waals surface area contributed by atoms with Crippen LogP contribution in [0.15, 0.2) is 54.6 Å². The summed E-state index contributed by atoms with van der Waals surface area (Å²) in [6.07, 6.45) is -0.140.